The van der Waals surface area contributed by atoms with E-state index in [0.29, 0.717) is 0 Å². The molecule has 0 heterocycles. The van der Waals surface area contributed by atoms with Crippen molar-refractivity contribution in [2.45, 2.75) is 44.7 Å². The molecule has 0 saturated heterocycles. The third-order valence-corrected chi connectivity index (χ3v) is 5.68. The highest BCUT2D eigenvalue weighted by Gasteiger charge is 2.29. The Balaban J connectivity index is 2.15. The van der Waals surface area contributed by atoms with Gasteiger partial charge in [-0.1, -0.05) is 61.9 Å². The molecule has 1 amide bonds. The van der Waals surface area contributed by atoms with Gasteiger partial charge in [0.1, 0.15) is 6.04 Å². The summed E-state index contributed by atoms with van der Waals surface area (Å²) in [6.45, 7) is 7.39. The first-order valence-electron chi connectivity index (χ1n) is 8.65. The number of carbonyl (C=O) groups excluding carboxylic acids is 1. The van der Waals surface area contributed by atoms with Crippen molar-refractivity contribution in [1.29, 1.82) is 0 Å². The van der Waals surface area contributed by atoms with Crippen LogP contribution in [-0.2, 0) is 14.8 Å². The fourth-order valence-electron chi connectivity index (χ4n) is 2.57. The highest BCUT2D eigenvalue weighted by molar-refractivity contribution is 7.89. The molecule has 5 nitrogen and oxygen atoms in total. The quantitative estimate of drug-likeness (QED) is 0.782. The zero-order valence-corrected chi connectivity index (χ0v) is 16.4. The molecule has 2 atom stereocenters. The molecule has 0 bridgehead atoms. The summed E-state index contributed by atoms with van der Waals surface area (Å²) in [5, 5.41) is 2.89. The van der Waals surface area contributed by atoms with E-state index in [2.05, 4.69) is 10.0 Å². The third-order valence-electron chi connectivity index (χ3n) is 4.22. The number of rotatable bonds is 7. The standard InChI is InChI=1S/C20H26N2O3S/c1-14(2)19(20(23)21-16(4)17-8-6-5-7-9-17)22-26(24,25)18-12-10-15(3)11-13-18/h5-14,16,19,22H,1-4H3,(H,21,23). The molecular formula is C20H26N2O3S. The summed E-state index contributed by atoms with van der Waals surface area (Å²) in [6, 6.07) is 15.0. The number of benzene rings is 2. The molecule has 0 aliphatic rings. The monoisotopic (exact) mass is 374 g/mol. The van der Waals surface area contributed by atoms with Crippen molar-refractivity contribution < 1.29 is 13.2 Å². The number of aryl methyl sites for hydroxylation is 1. The topological polar surface area (TPSA) is 75.3 Å². The van der Waals surface area contributed by atoms with E-state index in [4.69, 9.17) is 0 Å². The van der Waals surface area contributed by atoms with Crippen molar-refractivity contribution in [2.24, 2.45) is 5.92 Å². The predicted octanol–water partition coefficient (Wildman–Crippen LogP) is 3.18. The number of hydrogen-bond acceptors (Lipinski definition) is 3. The van der Waals surface area contributed by atoms with Crippen molar-refractivity contribution in [3.05, 3.63) is 65.7 Å². The second-order valence-corrected chi connectivity index (χ2v) is 8.51. The van der Waals surface area contributed by atoms with Gasteiger partial charge in [-0.2, -0.15) is 4.72 Å². The summed E-state index contributed by atoms with van der Waals surface area (Å²) in [5.74, 6) is -0.537. The van der Waals surface area contributed by atoms with Gasteiger partial charge in [0.05, 0.1) is 10.9 Å². The van der Waals surface area contributed by atoms with E-state index in [9.17, 15) is 13.2 Å². The van der Waals surface area contributed by atoms with Gasteiger partial charge in [-0.25, -0.2) is 8.42 Å². The Hall–Kier alpha value is -2.18. The van der Waals surface area contributed by atoms with Gasteiger partial charge in [0.2, 0.25) is 15.9 Å². The number of amides is 1. The fourth-order valence-corrected chi connectivity index (χ4v) is 3.92. The Morgan fingerprint density at radius 1 is 0.923 bits per heavy atom. The molecule has 140 valence electrons. The highest BCUT2D eigenvalue weighted by Crippen LogP contribution is 2.15. The number of hydrogen-bond donors (Lipinski definition) is 2. The average Bonchev–Trinajstić information content (AvgIpc) is 2.60. The summed E-state index contributed by atoms with van der Waals surface area (Å²) in [4.78, 5) is 12.8. The molecule has 26 heavy (non-hydrogen) atoms. The maximum absolute atomic E-state index is 12.7. The van der Waals surface area contributed by atoms with Crippen LogP contribution in [0.15, 0.2) is 59.5 Å². The SMILES string of the molecule is Cc1ccc(S(=O)(=O)NC(C(=O)NC(C)c2ccccc2)C(C)C)cc1. The van der Waals surface area contributed by atoms with Crippen molar-refractivity contribution in [2.75, 3.05) is 0 Å². The average molecular weight is 375 g/mol. The molecule has 2 aromatic rings. The number of carbonyl (C=O) groups is 1. The zero-order chi connectivity index (χ0) is 19.3. The van der Waals surface area contributed by atoms with Crippen LogP contribution in [0.3, 0.4) is 0 Å². The molecule has 0 aliphatic heterocycles. The van der Waals surface area contributed by atoms with Crippen molar-refractivity contribution in [1.82, 2.24) is 10.0 Å². The molecule has 0 spiro atoms. The molecule has 0 saturated carbocycles. The Morgan fingerprint density at radius 3 is 2.04 bits per heavy atom. The van der Waals surface area contributed by atoms with Crippen LogP contribution >= 0.6 is 0 Å². The van der Waals surface area contributed by atoms with E-state index in [1.165, 1.54) is 0 Å². The Bertz CT molecular complexity index is 831. The van der Waals surface area contributed by atoms with Crippen molar-refractivity contribution in [3.63, 3.8) is 0 Å². The Morgan fingerprint density at radius 2 is 1.50 bits per heavy atom. The van der Waals surface area contributed by atoms with E-state index in [1.807, 2.05) is 58.0 Å². The molecule has 2 unspecified atom stereocenters. The lowest BCUT2D eigenvalue weighted by Gasteiger charge is -2.24. The minimum atomic E-state index is -3.78. The summed E-state index contributed by atoms with van der Waals surface area (Å²) >= 11 is 0. The van der Waals surface area contributed by atoms with E-state index in [0.717, 1.165) is 11.1 Å². The zero-order valence-electron chi connectivity index (χ0n) is 15.6. The third kappa shape index (κ3) is 5.16. The second kappa shape index (κ2) is 8.47. The summed E-state index contributed by atoms with van der Waals surface area (Å²) in [6.07, 6.45) is 0. The highest BCUT2D eigenvalue weighted by atomic mass is 32.2. The smallest absolute Gasteiger partial charge is 0.241 e. The number of sulfonamides is 1. The molecule has 2 rings (SSSR count). The predicted molar refractivity (Wildman–Crippen MR) is 103 cm³/mol. The van der Waals surface area contributed by atoms with Gasteiger partial charge in [-0.05, 0) is 37.5 Å². The van der Waals surface area contributed by atoms with Gasteiger partial charge < -0.3 is 5.32 Å². The van der Waals surface area contributed by atoms with Crippen molar-refractivity contribution >= 4 is 15.9 Å². The summed E-state index contributed by atoms with van der Waals surface area (Å²) < 4.78 is 27.8. The van der Waals surface area contributed by atoms with Gasteiger partial charge in [0.15, 0.2) is 0 Å². The Kier molecular flexibility index (Phi) is 6.56. The minimum absolute atomic E-state index is 0.151. The van der Waals surface area contributed by atoms with Gasteiger partial charge in [0.25, 0.3) is 0 Å². The van der Waals surface area contributed by atoms with E-state index in [-0.39, 0.29) is 22.8 Å². The molecule has 2 aromatic carbocycles. The van der Waals surface area contributed by atoms with Crippen LogP contribution < -0.4 is 10.0 Å². The second-order valence-electron chi connectivity index (χ2n) is 6.80. The van der Waals surface area contributed by atoms with Gasteiger partial charge in [0, 0.05) is 0 Å². The molecule has 0 aliphatic carbocycles. The van der Waals surface area contributed by atoms with Crippen molar-refractivity contribution in [3.8, 4) is 0 Å². The first-order valence-corrected chi connectivity index (χ1v) is 10.1. The van der Waals surface area contributed by atoms with Crippen LogP contribution in [0.4, 0.5) is 0 Å². The van der Waals surface area contributed by atoms with Crippen LogP contribution in [-0.4, -0.2) is 20.4 Å². The normalized spacial score (nSPS) is 14.0. The summed E-state index contributed by atoms with van der Waals surface area (Å²) in [7, 11) is -3.78. The lowest BCUT2D eigenvalue weighted by atomic mass is 10.0. The molecule has 6 heteroatoms. The minimum Gasteiger partial charge on any atom is -0.348 e. The molecule has 0 radical (unpaired) electrons. The maximum atomic E-state index is 12.7. The molecule has 0 aromatic heterocycles. The van der Waals surface area contributed by atoms with Gasteiger partial charge in [-0.3, -0.25) is 4.79 Å². The van der Waals surface area contributed by atoms with Crippen LogP contribution in [0.5, 0.6) is 0 Å². The molecular weight excluding hydrogens is 348 g/mol. The van der Waals surface area contributed by atoms with Crippen LogP contribution in [0.2, 0.25) is 0 Å². The first kappa shape index (κ1) is 20.1. The lowest BCUT2D eigenvalue weighted by molar-refractivity contribution is -0.124. The molecule has 0 fully saturated rings. The maximum Gasteiger partial charge on any atom is 0.241 e. The first-order chi connectivity index (χ1) is 12.2. The van der Waals surface area contributed by atoms with Crippen LogP contribution in [0.1, 0.15) is 37.9 Å². The lowest BCUT2D eigenvalue weighted by Crippen LogP contribution is -2.50. The fraction of sp³-hybridized carbons (Fsp3) is 0.350. The van der Waals surface area contributed by atoms with Crippen LogP contribution in [0, 0.1) is 12.8 Å². The number of nitrogens with one attached hydrogen (secondary N) is 2. The Labute approximate surface area is 155 Å². The van der Waals surface area contributed by atoms with E-state index >= 15 is 0 Å². The van der Waals surface area contributed by atoms with E-state index < -0.39 is 16.1 Å². The largest absolute Gasteiger partial charge is 0.348 e. The van der Waals surface area contributed by atoms with Gasteiger partial charge in [-0.15, -0.1) is 0 Å². The van der Waals surface area contributed by atoms with Crippen LogP contribution in [0.25, 0.3) is 0 Å². The molecule has 2 N–H and O–H groups in total. The summed E-state index contributed by atoms with van der Waals surface area (Å²) in [5.41, 5.74) is 1.93. The van der Waals surface area contributed by atoms with E-state index in [1.54, 1.807) is 24.3 Å². The van der Waals surface area contributed by atoms with Gasteiger partial charge >= 0.3 is 0 Å².